The Balaban J connectivity index is 1.42. The van der Waals surface area contributed by atoms with E-state index in [1.165, 1.54) is 41.7 Å². The first-order valence-electron chi connectivity index (χ1n) is 9.29. The molecule has 7 heteroatoms. The number of anilines is 2. The van der Waals surface area contributed by atoms with Crippen LogP contribution in [0.15, 0.2) is 54.6 Å². The number of piperazine rings is 1. The minimum Gasteiger partial charge on any atom is -0.368 e. The van der Waals surface area contributed by atoms with E-state index in [0.717, 1.165) is 13.1 Å². The lowest BCUT2D eigenvalue weighted by Gasteiger charge is -2.37. The smallest absolute Gasteiger partial charge is 0.235 e. The van der Waals surface area contributed by atoms with Crippen molar-refractivity contribution in [3.63, 3.8) is 0 Å². The summed E-state index contributed by atoms with van der Waals surface area (Å²) < 4.78 is 12.9. The van der Waals surface area contributed by atoms with E-state index in [-0.39, 0.29) is 28.6 Å². The molecule has 0 radical (unpaired) electrons. The normalized spacial score (nSPS) is 15.2. The maximum atomic E-state index is 12.9. The zero-order chi connectivity index (χ0) is 19.9. The molecule has 0 saturated carbocycles. The summed E-state index contributed by atoms with van der Waals surface area (Å²) in [5, 5.41) is 2.42. The third-order valence-electron chi connectivity index (χ3n) is 4.65. The number of thioether (sulfide) groups is 1. The van der Waals surface area contributed by atoms with Gasteiger partial charge in [-0.3, -0.25) is 9.59 Å². The Kier molecular flexibility index (Phi) is 6.92. The van der Waals surface area contributed by atoms with Gasteiger partial charge < -0.3 is 15.1 Å². The summed E-state index contributed by atoms with van der Waals surface area (Å²) in [4.78, 5) is 28.9. The molecule has 0 aromatic heterocycles. The molecule has 1 unspecified atom stereocenters. The molecule has 1 saturated heterocycles. The molecule has 5 nitrogen and oxygen atoms in total. The van der Waals surface area contributed by atoms with Gasteiger partial charge in [0.05, 0.1) is 11.0 Å². The fourth-order valence-electron chi connectivity index (χ4n) is 3.08. The van der Waals surface area contributed by atoms with Gasteiger partial charge in [0.1, 0.15) is 5.82 Å². The molecule has 1 fully saturated rings. The number of nitrogens with one attached hydrogen (secondary N) is 1. The van der Waals surface area contributed by atoms with E-state index in [1.807, 2.05) is 30.0 Å². The van der Waals surface area contributed by atoms with Gasteiger partial charge >= 0.3 is 0 Å². The molecule has 1 atom stereocenters. The molecule has 1 aliphatic heterocycles. The predicted octanol–water partition coefficient (Wildman–Crippen LogP) is 3.23. The van der Waals surface area contributed by atoms with Crippen LogP contribution >= 0.6 is 11.8 Å². The second-order valence-corrected chi connectivity index (χ2v) is 7.99. The van der Waals surface area contributed by atoms with Crippen LogP contribution < -0.4 is 10.2 Å². The third-order valence-corrected chi connectivity index (χ3v) is 5.78. The first-order valence-corrected chi connectivity index (χ1v) is 10.3. The summed E-state index contributed by atoms with van der Waals surface area (Å²) in [6.07, 6.45) is 0. The first kappa shape index (κ1) is 20.2. The number of carbonyl (C=O) groups is 2. The van der Waals surface area contributed by atoms with Gasteiger partial charge in [-0.1, -0.05) is 18.2 Å². The molecule has 0 bridgehead atoms. The number of benzene rings is 2. The summed E-state index contributed by atoms with van der Waals surface area (Å²) in [7, 11) is 0. The van der Waals surface area contributed by atoms with E-state index >= 15 is 0 Å². The lowest BCUT2D eigenvalue weighted by Crippen LogP contribution is -2.50. The van der Waals surface area contributed by atoms with Gasteiger partial charge in [-0.05, 0) is 43.3 Å². The quantitative estimate of drug-likeness (QED) is 0.808. The van der Waals surface area contributed by atoms with Gasteiger partial charge in [0.15, 0.2) is 0 Å². The molecule has 148 valence electrons. The summed E-state index contributed by atoms with van der Waals surface area (Å²) in [6, 6.07) is 15.8. The topological polar surface area (TPSA) is 52.7 Å². The van der Waals surface area contributed by atoms with Crippen LogP contribution in [0, 0.1) is 5.82 Å². The maximum absolute atomic E-state index is 12.9. The van der Waals surface area contributed by atoms with Gasteiger partial charge in [0, 0.05) is 37.6 Å². The van der Waals surface area contributed by atoms with E-state index in [9.17, 15) is 14.0 Å². The van der Waals surface area contributed by atoms with E-state index in [4.69, 9.17) is 0 Å². The largest absolute Gasteiger partial charge is 0.368 e. The Bertz CT molecular complexity index is 793. The molecule has 2 aromatic carbocycles. The molecule has 0 aliphatic carbocycles. The van der Waals surface area contributed by atoms with Crippen molar-refractivity contribution in [2.45, 2.75) is 12.2 Å². The van der Waals surface area contributed by atoms with Gasteiger partial charge in [-0.15, -0.1) is 11.8 Å². The SMILES string of the molecule is CC(SCC(=O)Nc1ccc(F)cc1)C(=O)N1CCN(c2ccccc2)CC1. The molecule has 0 spiro atoms. The fraction of sp³-hybridized carbons (Fsp3) is 0.333. The van der Waals surface area contributed by atoms with E-state index in [0.29, 0.717) is 18.8 Å². The number of hydrogen-bond acceptors (Lipinski definition) is 4. The van der Waals surface area contributed by atoms with Crippen molar-refractivity contribution in [3.05, 3.63) is 60.4 Å². The number of halogens is 1. The number of amides is 2. The van der Waals surface area contributed by atoms with Gasteiger partial charge in [-0.25, -0.2) is 4.39 Å². The highest BCUT2D eigenvalue weighted by Gasteiger charge is 2.25. The van der Waals surface area contributed by atoms with Crippen molar-refractivity contribution >= 4 is 35.0 Å². The number of hydrogen-bond donors (Lipinski definition) is 1. The van der Waals surface area contributed by atoms with E-state index in [1.54, 1.807) is 0 Å². The first-order chi connectivity index (χ1) is 13.5. The molecule has 1 aliphatic rings. The summed E-state index contributed by atoms with van der Waals surface area (Å²) >= 11 is 1.31. The molecular weight excluding hydrogens is 377 g/mol. The van der Waals surface area contributed by atoms with Crippen LogP contribution in [0.1, 0.15) is 6.92 Å². The summed E-state index contributed by atoms with van der Waals surface area (Å²) in [6.45, 7) is 4.80. The molecule has 1 heterocycles. The standard InChI is InChI=1S/C21H24FN3O2S/c1-16(28-15-20(26)23-18-9-7-17(22)8-10-18)21(27)25-13-11-24(12-14-25)19-5-3-2-4-6-19/h2-10,16H,11-15H2,1H3,(H,23,26). The van der Waals surface area contributed by atoms with Gasteiger partial charge in [0.2, 0.25) is 11.8 Å². The molecule has 3 rings (SSSR count). The molecule has 1 N–H and O–H groups in total. The van der Waals surface area contributed by atoms with E-state index < -0.39 is 0 Å². The second-order valence-electron chi connectivity index (χ2n) is 6.66. The molecule has 2 amide bonds. The average Bonchev–Trinajstić information content (AvgIpc) is 2.74. The highest BCUT2D eigenvalue weighted by molar-refractivity contribution is 8.01. The lowest BCUT2D eigenvalue weighted by molar-refractivity contribution is -0.130. The van der Waals surface area contributed by atoms with Crippen LogP contribution in [-0.2, 0) is 9.59 Å². The zero-order valence-electron chi connectivity index (χ0n) is 15.8. The minimum absolute atomic E-state index is 0.0623. The van der Waals surface area contributed by atoms with Crippen LogP contribution in [0.25, 0.3) is 0 Å². The van der Waals surface area contributed by atoms with Crippen LogP contribution in [0.5, 0.6) is 0 Å². The van der Waals surface area contributed by atoms with Crippen LogP contribution in [0.2, 0.25) is 0 Å². The van der Waals surface area contributed by atoms with E-state index in [2.05, 4.69) is 22.3 Å². The number of carbonyl (C=O) groups excluding carboxylic acids is 2. The van der Waals surface area contributed by atoms with Crippen molar-refractivity contribution in [1.29, 1.82) is 0 Å². The maximum Gasteiger partial charge on any atom is 0.235 e. The second kappa shape index (κ2) is 9.59. The third kappa shape index (κ3) is 5.48. The highest BCUT2D eigenvalue weighted by atomic mass is 32.2. The van der Waals surface area contributed by atoms with Crippen LogP contribution in [0.4, 0.5) is 15.8 Å². The predicted molar refractivity (Wildman–Crippen MR) is 112 cm³/mol. The number of nitrogens with zero attached hydrogens (tertiary/aromatic N) is 2. The Morgan fingerprint density at radius 3 is 2.32 bits per heavy atom. The Morgan fingerprint density at radius 2 is 1.68 bits per heavy atom. The van der Waals surface area contributed by atoms with Crippen molar-refractivity contribution in [2.75, 3.05) is 42.1 Å². The number of para-hydroxylation sites is 1. The van der Waals surface area contributed by atoms with Crippen molar-refractivity contribution < 1.29 is 14.0 Å². The molecular formula is C21H24FN3O2S. The Morgan fingerprint density at radius 1 is 1.04 bits per heavy atom. The van der Waals surface area contributed by atoms with Crippen LogP contribution in [-0.4, -0.2) is 53.9 Å². The Labute approximate surface area is 168 Å². The van der Waals surface area contributed by atoms with Crippen molar-refractivity contribution in [3.8, 4) is 0 Å². The molecule has 28 heavy (non-hydrogen) atoms. The van der Waals surface area contributed by atoms with Gasteiger partial charge in [0.25, 0.3) is 0 Å². The average molecular weight is 402 g/mol. The summed E-state index contributed by atoms with van der Waals surface area (Å²) in [5.41, 5.74) is 1.72. The van der Waals surface area contributed by atoms with Crippen LogP contribution in [0.3, 0.4) is 0 Å². The fourth-order valence-corrected chi connectivity index (χ4v) is 3.85. The van der Waals surface area contributed by atoms with Crippen molar-refractivity contribution in [2.24, 2.45) is 0 Å². The van der Waals surface area contributed by atoms with Crippen molar-refractivity contribution in [1.82, 2.24) is 4.90 Å². The monoisotopic (exact) mass is 401 g/mol. The number of rotatable bonds is 6. The Hall–Kier alpha value is -2.54. The molecule has 2 aromatic rings. The summed E-state index contributed by atoms with van der Waals surface area (Å²) in [5.74, 6) is -0.315. The van der Waals surface area contributed by atoms with Gasteiger partial charge in [-0.2, -0.15) is 0 Å². The lowest BCUT2D eigenvalue weighted by atomic mass is 10.2. The highest BCUT2D eigenvalue weighted by Crippen LogP contribution is 2.19. The minimum atomic E-state index is -0.348. The zero-order valence-corrected chi connectivity index (χ0v) is 16.6.